The number of carbonyl (C=O) groups excluding carboxylic acids is 1. The van der Waals surface area contributed by atoms with E-state index in [9.17, 15) is 9.90 Å². The van der Waals surface area contributed by atoms with Gasteiger partial charge in [-0.2, -0.15) is 0 Å². The molecule has 0 atom stereocenters. The van der Waals surface area contributed by atoms with Crippen LogP contribution in [0.1, 0.15) is 44.9 Å². The van der Waals surface area contributed by atoms with Gasteiger partial charge >= 0.3 is 0 Å². The molecule has 5 heteroatoms. The average molecular weight is 283 g/mol. The van der Waals surface area contributed by atoms with Crippen molar-refractivity contribution >= 4 is 5.91 Å². The highest BCUT2D eigenvalue weighted by molar-refractivity contribution is 5.86. The molecule has 0 aromatic rings. The minimum Gasteiger partial charge on any atom is -0.395 e. The van der Waals surface area contributed by atoms with Crippen LogP contribution in [-0.4, -0.2) is 65.7 Å². The van der Waals surface area contributed by atoms with Crippen molar-refractivity contribution in [1.82, 2.24) is 9.80 Å². The number of aliphatic hydroxyl groups excluding tert-OH is 1. The maximum absolute atomic E-state index is 12.9. The van der Waals surface area contributed by atoms with Crippen LogP contribution in [0.25, 0.3) is 0 Å². The van der Waals surface area contributed by atoms with Crippen LogP contribution in [0.15, 0.2) is 0 Å². The Hall–Kier alpha value is -0.650. The van der Waals surface area contributed by atoms with E-state index in [1.807, 2.05) is 4.90 Å². The van der Waals surface area contributed by atoms with Crippen molar-refractivity contribution in [3.05, 3.63) is 0 Å². The van der Waals surface area contributed by atoms with Crippen LogP contribution < -0.4 is 5.73 Å². The van der Waals surface area contributed by atoms with Crippen LogP contribution in [0, 0.1) is 0 Å². The Morgan fingerprint density at radius 3 is 2.45 bits per heavy atom. The van der Waals surface area contributed by atoms with Crippen LogP contribution in [0.2, 0.25) is 0 Å². The molecule has 0 aromatic heterocycles. The first kappa shape index (κ1) is 15.7. The summed E-state index contributed by atoms with van der Waals surface area (Å²) in [5.74, 6) is 0.0702. The smallest absolute Gasteiger partial charge is 0.242 e. The Bertz CT molecular complexity index is 321. The lowest BCUT2D eigenvalue weighted by molar-refractivity contribution is -0.142. The Balaban J connectivity index is 2.05. The Kier molecular flexibility index (Phi) is 5.41. The van der Waals surface area contributed by atoms with Gasteiger partial charge in [0.25, 0.3) is 0 Å². The molecule has 1 aliphatic carbocycles. The molecular weight excluding hydrogens is 254 g/mol. The summed E-state index contributed by atoms with van der Waals surface area (Å²) in [6, 6.07) is 0.244. The van der Waals surface area contributed by atoms with Gasteiger partial charge in [-0.15, -0.1) is 0 Å². The van der Waals surface area contributed by atoms with E-state index in [2.05, 4.69) is 11.9 Å². The molecule has 3 N–H and O–H groups in total. The Morgan fingerprint density at radius 1 is 1.30 bits per heavy atom. The van der Waals surface area contributed by atoms with Crippen LogP contribution in [0.5, 0.6) is 0 Å². The summed E-state index contributed by atoms with van der Waals surface area (Å²) in [6.45, 7) is 2.47. The molecule has 0 radical (unpaired) electrons. The molecule has 0 unspecified atom stereocenters. The van der Waals surface area contributed by atoms with Crippen molar-refractivity contribution in [1.29, 1.82) is 0 Å². The molecule has 116 valence electrons. The van der Waals surface area contributed by atoms with Crippen molar-refractivity contribution in [2.75, 3.05) is 33.3 Å². The van der Waals surface area contributed by atoms with Crippen molar-refractivity contribution in [2.45, 2.75) is 56.5 Å². The van der Waals surface area contributed by atoms with E-state index in [1.165, 1.54) is 6.42 Å². The van der Waals surface area contributed by atoms with Crippen molar-refractivity contribution < 1.29 is 9.90 Å². The molecule has 2 fully saturated rings. The number of piperidine rings is 1. The third-order valence-electron chi connectivity index (χ3n) is 4.90. The van der Waals surface area contributed by atoms with Gasteiger partial charge in [0, 0.05) is 12.6 Å². The molecule has 1 saturated heterocycles. The highest BCUT2D eigenvalue weighted by atomic mass is 16.3. The zero-order valence-corrected chi connectivity index (χ0v) is 12.7. The fourth-order valence-corrected chi connectivity index (χ4v) is 3.55. The van der Waals surface area contributed by atoms with Crippen LogP contribution in [-0.2, 0) is 4.79 Å². The number of hydrogen-bond acceptors (Lipinski definition) is 4. The second-order valence-corrected chi connectivity index (χ2v) is 6.47. The fraction of sp³-hybridized carbons (Fsp3) is 0.933. The van der Waals surface area contributed by atoms with Crippen LogP contribution in [0.4, 0.5) is 0 Å². The first-order chi connectivity index (χ1) is 9.57. The van der Waals surface area contributed by atoms with Crippen molar-refractivity contribution in [3.63, 3.8) is 0 Å². The molecule has 1 saturated carbocycles. The third kappa shape index (κ3) is 3.51. The summed E-state index contributed by atoms with van der Waals surface area (Å²) in [4.78, 5) is 17.0. The normalized spacial score (nSPS) is 24.6. The highest BCUT2D eigenvalue weighted by Gasteiger charge is 2.40. The topological polar surface area (TPSA) is 69.8 Å². The first-order valence-electron chi connectivity index (χ1n) is 7.96. The lowest BCUT2D eigenvalue weighted by Crippen LogP contribution is -2.60. The highest BCUT2D eigenvalue weighted by Crippen LogP contribution is 2.29. The monoisotopic (exact) mass is 283 g/mol. The molecule has 20 heavy (non-hydrogen) atoms. The predicted octanol–water partition coefficient (Wildman–Crippen LogP) is 0.563. The summed E-state index contributed by atoms with van der Waals surface area (Å²) in [6.07, 6.45) is 6.82. The number of carbonyl (C=O) groups is 1. The lowest BCUT2D eigenvalue weighted by atomic mass is 9.81. The Morgan fingerprint density at radius 2 is 1.90 bits per heavy atom. The first-order valence-corrected chi connectivity index (χ1v) is 7.96. The van der Waals surface area contributed by atoms with Crippen molar-refractivity contribution in [3.8, 4) is 0 Å². The van der Waals surface area contributed by atoms with Crippen molar-refractivity contribution in [2.24, 2.45) is 5.73 Å². The zero-order valence-electron chi connectivity index (χ0n) is 12.7. The van der Waals surface area contributed by atoms with Gasteiger partial charge in [-0.1, -0.05) is 19.3 Å². The summed E-state index contributed by atoms with van der Waals surface area (Å²) < 4.78 is 0. The standard InChI is InChI=1S/C15H29N3O2/c1-17-9-5-13(6-10-17)18(11-12-19)14(20)15(16)7-3-2-4-8-15/h13,19H,2-12,16H2,1H3. The van der Waals surface area contributed by atoms with E-state index in [4.69, 9.17) is 5.73 Å². The van der Waals surface area contributed by atoms with E-state index in [0.717, 1.165) is 51.6 Å². The molecule has 1 amide bonds. The van der Waals surface area contributed by atoms with Gasteiger partial charge in [-0.3, -0.25) is 4.79 Å². The van der Waals surface area contributed by atoms with Crippen LogP contribution in [0.3, 0.4) is 0 Å². The van der Waals surface area contributed by atoms with Gasteiger partial charge in [0.1, 0.15) is 0 Å². The van der Waals surface area contributed by atoms with Gasteiger partial charge in [0.2, 0.25) is 5.91 Å². The minimum atomic E-state index is -0.684. The van der Waals surface area contributed by atoms with Gasteiger partial charge in [-0.05, 0) is 45.8 Å². The Labute approximate surface area is 122 Å². The zero-order chi connectivity index (χ0) is 14.6. The molecule has 0 bridgehead atoms. The summed E-state index contributed by atoms with van der Waals surface area (Å²) >= 11 is 0. The SMILES string of the molecule is CN1CCC(N(CCO)C(=O)C2(N)CCCCC2)CC1. The van der Waals surface area contributed by atoms with Gasteiger partial charge in [-0.25, -0.2) is 0 Å². The van der Waals surface area contributed by atoms with E-state index in [-0.39, 0.29) is 18.6 Å². The number of aliphatic hydroxyl groups is 1. The van der Waals surface area contributed by atoms with Gasteiger partial charge in [0.15, 0.2) is 0 Å². The lowest BCUT2D eigenvalue weighted by Gasteiger charge is -2.42. The maximum atomic E-state index is 12.9. The number of hydrogen-bond donors (Lipinski definition) is 2. The maximum Gasteiger partial charge on any atom is 0.242 e. The summed E-state index contributed by atoms with van der Waals surface area (Å²) in [5, 5.41) is 9.31. The quantitative estimate of drug-likeness (QED) is 0.791. The molecule has 2 rings (SSSR count). The minimum absolute atomic E-state index is 0.0220. The van der Waals surface area contributed by atoms with E-state index < -0.39 is 5.54 Å². The molecule has 0 spiro atoms. The van der Waals surface area contributed by atoms with Gasteiger partial charge in [0.05, 0.1) is 12.1 Å². The van der Waals surface area contributed by atoms with E-state index in [1.54, 1.807) is 0 Å². The molecule has 5 nitrogen and oxygen atoms in total. The number of nitrogens with zero attached hydrogens (tertiary/aromatic N) is 2. The number of rotatable bonds is 4. The molecule has 2 aliphatic rings. The third-order valence-corrected chi connectivity index (χ3v) is 4.90. The molecule has 1 aliphatic heterocycles. The number of likely N-dealkylation sites (tertiary alicyclic amines) is 1. The molecule has 1 heterocycles. The molecular formula is C15H29N3O2. The second-order valence-electron chi connectivity index (χ2n) is 6.47. The second kappa shape index (κ2) is 6.87. The number of nitrogens with two attached hydrogens (primary N) is 1. The van der Waals surface area contributed by atoms with Gasteiger partial charge < -0.3 is 20.6 Å². The molecule has 0 aromatic carbocycles. The largest absolute Gasteiger partial charge is 0.395 e. The predicted molar refractivity (Wildman–Crippen MR) is 79.3 cm³/mol. The number of amides is 1. The summed E-state index contributed by atoms with van der Waals surface area (Å²) in [5.41, 5.74) is 5.70. The summed E-state index contributed by atoms with van der Waals surface area (Å²) in [7, 11) is 2.11. The fourth-order valence-electron chi connectivity index (χ4n) is 3.55. The van der Waals surface area contributed by atoms with E-state index >= 15 is 0 Å². The van der Waals surface area contributed by atoms with E-state index in [0.29, 0.717) is 6.54 Å². The van der Waals surface area contributed by atoms with Crippen LogP contribution >= 0.6 is 0 Å². The average Bonchev–Trinajstić information content (AvgIpc) is 2.46.